The minimum atomic E-state index is -0.782. The quantitative estimate of drug-likeness (QED) is 0.295. The van der Waals surface area contributed by atoms with Gasteiger partial charge in [-0.25, -0.2) is 0 Å². The van der Waals surface area contributed by atoms with E-state index in [1.165, 1.54) is 32.1 Å². The van der Waals surface area contributed by atoms with Crippen LogP contribution >= 0.6 is 0 Å². The Morgan fingerprint density at radius 2 is 1.70 bits per heavy atom. The second kappa shape index (κ2) is 15.0. The highest BCUT2D eigenvalue weighted by Crippen LogP contribution is 2.61. The van der Waals surface area contributed by atoms with Gasteiger partial charge >= 0.3 is 0 Å². The molecule has 6 aliphatic rings. The summed E-state index contributed by atoms with van der Waals surface area (Å²) in [5.41, 5.74) is 0.345. The first-order valence-electron chi connectivity index (χ1n) is 18.6. The Labute approximate surface area is 280 Å². The molecule has 13 atom stereocenters. The summed E-state index contributed by atoms with van der Waals surface area (Å²) < 4.78 is 6.41. The predicted molar refractivity (Wildman–Crippen MR) is 182 cm³/mol. The molecule has 0 radical (unpaired) electrons. The van der Waals surface area contributed by atoms with Gasteiger partial charge in [0, 0.05) is 44.6 Å². The normalized spacial score (nSPS) is 43.5. The highest BCUT2D eigenvalue weighted by molar-refractivity contribution is 5.82. The van der Waals surface area contributed by atoms with E-state index in [-0.39, 0.29) is 30.6 Å². The van der Waals surface area contributed by atoms with Gasteiger partial charge in [0.15, 0.2) is 0 Å². The topological polar surface area (TPSA) is 97.7 Å². The zero-order chi connectivity index (χ0) is 33.5. The number of aliphatic hydroxyl groups excluding tert-OH is 2. The molecule has 0 aromatic heterocycles. The minimum absolute atomic E-state index is 0.0653. The lowest BCUT2D eigenvalue weighted by molar-refractivity contribution is -0.193. The summed E-state index contributed by atoms with van der Waals surface area (Å²) in [6.07, 6.45) is 8.12. The number of nitrogens with one attached hydrogen (secondary N) is 1. The van der Waals surface area contributed by atoms with Gasteiger partial charge in [0.05, 0.1) is 18.8 Å². The first kappa shape index (κ1) is 36.5. The fourth-order valence-electron chi connectivity index (χ4n) is 11.4. The van der Waals surface area contributed by atoms with Crippen LogP contribution < -0.4 is 5.32 Å². The molecule has 266 valence electrons. The van der Waals surface area contributed by atoms with Gasteiger partial charge in [0.2, 0.25) is 5.91 Å². The van der Waals surface area contributed by atoms with E-state index in [0.717, 1.165) is 32.4 Å². The monoisotopic (exact) mass is 649 g/mol. The molecule has 6 rings (SSSR count). The van der Waals surface area contributed by atoms with Gasteiger partial charge in [-0.3, -0.25) is 9.63 Å². The van der Waals surface area contributed by atoms with Gasteiger partial charge in [0.25, 0.3) is 0 Å². The molecule has 5 aliphatic carbocycles. The van der Waals surface area contributed by atoms with Crippen LogP contribution in [-0.2, 0) is 14.4 Å². The molecule has 1 aliphatic heterocycles. The smallest absolute Gasteiger partial charge is 0.240 e. The molecule has 2 bridgehead atoms. The van der Waals surface area contributed by atoms with Crippen LogP contribution in [0.3, 0.4) is 0 Å². The average Bonchev–Trinajstić information content (AvgIpc) is 3.35. The molecule has 3 N–H and O–H groups in total. The van der Waals surface area contributed by atoms with Crippen molar-refractivity contribution in [1.82, 2.24) is 20.2 Å². The first-order valence-corrected chi connectivity index (χ1v) is 18.6. The Bertz CT molecular complexity index is 990. The molecular formula is C37H68N4O5. The Kier molecular flexibility index (Phi) is 11.9. The van der Waals surface area contributed by atoms with E-state index in [1.54, 1.807) is 6.92 Å². The van der Waals surface area contributed by atoms with Crippen molar-refractivity contribution in [1.29, 1.82) is 0 Å². The molecule has 1 saturated heterocycles. The lowest BCUT2D eigenvalue weighted by Gasteiger charge is -2.62. The number of fused-ring (bicyclic) bond motifs is 2. The van der Waals surface area contributed by atoms with E-state index in [9.17, 15) is 15.0 Å². The number of carbonyl (C=O) groups is 1. The number of nitrogens with zero attached hydrogens (tertiary/aromatic N) is 3. The summed E-state index contributed by atoms with van der Waals surface area (Å²) in [6.45, 7) is 11.4. The van der Waals surface area contributed by atoms with Crippen molar-refractivity contribution >= 4 is 5.91 Å². The second-order valence-corrected chi connectivity index (χ2v) is 17.5. The Balaban J connectivity index is 1.32. The SMILES string of the molecule is COC1C(CN2O[C@@H](CO)[C@H]([C@H](C)O)[C@H]2C(=O)N[C@H]2C[C@H]3C[C@@H]([C@@H]2C)C3(C)C)CCCC1C1CC(CN(C)C)CC(CN(C)C)C1. The van der Waals surface area contributed by atoms with Crippen molar-refractivity contribution < 1.29 is 24.6 Å². The molecule has 5 saturated carbocycles. The van der Waals surface area contributed by atoms with E-state index in [1.807, 2.05) is 12.2 Å². The maximum Gasteiger partial charge on any atom is 0.240 e. The fourth-order valence-corrected chi connectivity index (χ4v) is 11.4. The highest BCUT2D eigenvalue weighted by atomic mass is 16.7. The molecular weight excluding hydrogens is 580 g/mol. The first-order chi connectivity index (χ1) is 21.7. The van der Waals surface area contributed by atoms with Crippen LogP contribution in [0.5, 0.6) is 0 Å². The van der Waals surface area contributed by atoms with Gasteiger partial charge in [-0.05, 0) is 127 Å². The number of rotatable bonds is 12. The Hall–Kier alpha value is -0.810. The van der Waals surface area contributed by atoms with Crippen molar-refractivity contribution in [3.05, 3.63) is 0 Å². The van der Waals surface area contributed by atoms with Gasteiger partial charge in [-0.2, -0.15) is 5.06 Å². The van der Waals surface area contributed by atoms with Crippen LogP contribution in [0.25, 0.3) is 0 Å². The van der Waals surface area contributed by atoms with E-state index in [2.05, 4.69) is 64.1 Å². The average molecular weight is 649 g/mol. The van der Waals surface area contributed by atoms with Crippen LogP contribution in [0.4, 0.5) is 0 Å². The van der Waals surface area contributed by atoms with Gasteiger partial charge in [-0.15, -0.1) is 0 Å². The maximum absolute atomic E-state index is 14.2. The number of amides is 1. The summed E-state index contributed by atoms with van der Waals surface area (Å²) in [5, 5.41) is 26.5. The molecule has 1 amide bonds. The Morgan fingerprint density at radius 1 is 1.04 bits per heavy atom. The van der Waals surface area contributed by atoms with E-state index < -0.39 is 24.2 Å². The number of hydrogen-bond acceptors (Lipinski definition) is 8. The van der Waals surface area contributed by atoms with Crippen molar-refractivity contribution in [3.63, 3.8) is 0 Å². The highest BCUT2D eigenvalue weighted by Gasteiger charge is 2.58. The number of methoxy groups -OCH3 is 1. The summed E-state index contributed by atoms with van der Waals surface area (Å²) in [6, 6.07) is -0.506. The number of carbonyl (C=O) groups excluding carboxylic acids is 1. The van der Waals surface area contributed by atoms with Crippen LogP contribution in [-0.4, -0.2) is 123 Å². The zero-order valence-corrected chi connectivity index (χ0v) is 30.5. The standard InChI is InChI=1S/C37H68N4O5/c1-22-30-16-28(37(30,3)4)17-31(22)38-36(44)34-33(23(2)43)32(21-42)46-41(34)20-26-11-10-12-29(35(26)45-9)27-14-24(18-39(5)6)13-25(15-27)19-40(7)8/h22-35,42-43H,10-21H2,1-9H3,(H,38,44)/t22-,23-,24?,25?,26?,27?,28+,29?,30-,31-,32-,33-,34-,35?/m0/s1. The lowest BCUT2D eigenvalue weighted by atomic mass is 9.45. The molecule has 0 aromatic carbocycles. The molecule has 46 heavy (non-hydrogen) atoms. The molecule has 9 heteroatoms. The number of ether oxygens (including phenoxy) is 1. The zero-order valence-electron chi connectivity index (χ0n) is 30.5. The number of aliphatic hydroxyl groups is 2. The van der Waals surface area contributed by atoms with Crippen LogP contribution in [0, 0.1) is 58.7 Å². The fraction of sp³-hybridized carbons (Fsp3) is 0.973. The maximum atomic E-state index is 14.2. The van der Waals surface area contributed by atoms with Crippen LogP contribution in [0.2, 0.25) is 0 Å². The van der Waals surface area contributed by atoms with E-state index in [4.69, 9.17) is 9.57 Å². The van der Waals surface area contributed by atoms with Crippen molar-refractivity contribution in [2.24, 2.45) is 58.7 Å². The lowest BCUT2D eigenvalue weighted by Crippen LogP contribution is -2.62. The summed E-state index contributed by atoms with van der Waals surface area (Å²) >= 11 is 0. The molecule has 1 heterocycles. The molecule has 5 unspecified atom stereocenters. The summed E-state index contributed by atoms with van der Waals surface area (Å²) in [5.74, 6) is 3.83. The van der Waals surface area contributed by atoms with Crippen LogP contribution in [0.15, 0.2) is 0 Å². The number of hydrogen-bond donors (Lipinski definition) is 3. The third-order valence-corrected chi connectivity index (χ3v) is 13.5. The third kappa shape index (κ3) is 7.51. The Morgan fingerprint density at radius 3 is 2.22 bits per heavy atom. The van der Waals surface area contributed by atoms with Gasteiger partial charge in [-0.1, -0.05) is 27.2 Å². The molecule has 6 fully saturated rings. The molecule has 0 aromatic rings. The summed E-state index contributed by atoms with van der Waals surface area (Å²) in [4.78, 5) is 25.3. The number of hydroxylamine groups is 2. The third-order valence-electron chi connectivity index (χ3n) is 13.5. The van der Waals surface area contributed by atoms with Crippen LogP contribution in [0.1, 0.15) is 79.1 Å². The van der Waals surface area contributed by atoms with E-state index in [0.29, 0.717) is 53.4 Å². The van der Waals surface area contributed by atoms with Crippen molar-refractivity contribution in [2.75, 3.05) is 61.5 Å². The molecule has 0 spiro atoms. The van der Waals surface area contributed by atoms with Crippen molar-refractivity contribution in [2.45, 2.75) is 109 Å². The van der Waals surface area contributed by atoms with Gasteiger partial charge < -0.3 is 30.1 Å². The second-order valence-electron chi connectivity index (χ2n) is 17.5. The largest absolute Gasteiger partial charge is 0.394 e. The summed E-state index contributed by atoms with van der Waals surface area (Å²) in [7, 11) is 10.6. The van der Waals surface area contributed by atoms with E-state index >= 15 is 0 Å². The van der Waals surface area contributed by atoms with Gasteiger partial charge in [0.1, 0.15) is 12.1 Å². The van der Waals surface area contributed by atoms with Crippen molar-refractivity contribution in [3.8, 4) is 0 Å². The predicted octanol–water partition coefficient (Wildman–Crippen LogP) is 3.73. The minimum Gasteiger partial charge on any atom is -0.394 e. The molecule has 9 nitrogen and oxygen atoms in total.